The minimum Gasteiger partial charge on any atom is -0.351 e. The van der Waals surface area contributed by atoms with Gasteiger partial charge in [-0.15, -0.1) is 0 Å². The first-order chi connectivity index (χ1) is 12.7. The average molecular weight is 414 g/mol. The van der Waals surface area contributed by atoms with Crippen molar-refractivity contribution >= 4 is 44.4 Å². The van der Waals surface area contributed by atoms with Gasteiger partial charge in [0.05, 0.1) is 6.20 Å². The lowest BCUT2D eigenvalue weighted by atomic mass is 10.1. The van der Waals surface area contributed by atoms with Crippen LogP contribution in [0.1, 0.15) is 12.8 Å². The van der Waals surface area contributed by atoms with Gasteiger partial charge in [0.1, 0.15) is 17.4 Å². The predicted octanol–water partition coefficient (Wildman–Crippen LogP) is 3.43. The van der Waals surface area contributed by atoms with Gasteiger partial charge in [0.25, 0.3) is 0 Å². The number of nitrogens with zero attached hydrogens (tertiary/aromatic N) is 5. The summed E-state index contributed by atoms with van der Waals surface area (Å²) in [4.78, 5) is 20.1. The van der Waals surface area contributed by atoms with Crippen molar-refractivity contribution in [3.05, 3.63) is 41.3 Å². The Balaban J connectivity index is 1.60. The molecule has 3 aromatic rings. The van der Waals surface area contributed by atoms with E-state index in [1.165, 1.54) is 6.33 Å². The minimum atomic E-state index is 0.398. The third-order valence-electron chi connectivity index (χ3n) is 4.52. The molecule has 134 valence electrons. The van der Waals surface area contributed by atoms with E-state index < -0.39 is 0 Å². The van der Waals surface area contributed by atoms with E-state index in [0.29, 0.717) is 28.8 Å². The molecule has 0 aliphatic carbocycles. The number of aromatic nitrogens is 4. The Labute approximate surface area is 160 Å². The molecule has 1 aliphatic heterocycles. The summed E-state index contributed by atoms with van der Waals surface area (Å²) in [6, 6.07) is 8.33. The molecular formula is C18H20BrN7. The summed E-state index contributed by atoms with van der Waals surface area (Å²) in [5.41, 5.74) is 2.35. The lowest BCUT2D eigenvalue weighted by Crippen LogP contribution is -2.37. The van der Waals surface area contributed by atoms with Crippen LogP contribution in [0.2, 0.25) is 0 Å². The molecule has 0 atom stereocenters. The molecule has 0 spiro atoms. The van der Waals surface area contributed by atoms with E-state index in [-0.39, 0.29) is 0 Å². The second-order valence-corrected chi connectivity index (χ2v) is 7.42. The van der Waals surface area contributed by atoms with Crippen LogP contribution in [0.3, 0.4) is 0 Å². The fourth-order valence-electron chi connectivity index (χ4n) is 3.05. The van der Waals surface area contributed by atoms with Gasteiger partial charge < -0.3 is 15.5 Å². The molecule has 7 nitrogen and oxygen atoms in total. The Hall–Kier alpha value is -2.32. The van der Waals surface area contributed by atoms with E-state index in [0.717, 1.165) is 36.1 Å². The maximum absolute atomic E-state index is 4.67. The van der Waals surface area contributed by atoms with E-state index in [9.17, 15) is 0 Å². The second kappa shape index (κ2) is 7.51. The number of benzene rings is 1. The summed E-state index contributed by atoms with van der Waals surface area (Å²) in [6.45, 7) is 2.17. The van der Waals surface area contributed by atoms with Gasteiger partial charge in [-0.25, -0.2) is 19.9 Å². The lowest BCUT2D eigenvalue weighted by Gasteiger charge is -2.29. The lowest BCUT2D eigenvalue weighted by molar-refractivity contribution is 0.263. The fraction of sp³-hybridized carbons (Fsp3) is 0.333. The van der Waals surface area contributed by atoms with Crippen molar-refractivity contribution in [2.24, 2.45) is 0 Å². The number of hydrogen-bond acceptors (Lipinski definition) is 7. The van der Waals surface area contributed by atoms with Crippen molar-refractivity contribution in [1.82, 2.24) is 24.8 Å². The maximum atomic E-state index is 4.67. The summed E-state index contributed by atoms with van der Waals surface area (Å²) >= 11 is 3.48. The van der Waals surface area contributed by atoms with E-state index in [1.54, 1.807) is 6.20 Å². The Morgan fingerprint density at radius 2 is 2.00 bits per heavy atom. The molecular weight excluding hydrogens is 394 g/mol. The summed E-state index contributed by atoms with van der Waals surface area (Å²) in [7, 11) is 2.15. The van der Waals surface area contributed by atoms with Gasteiger partial charge in [0, 0.05) is 16.2 Å². The normalized spacial score (nSPS) is 15.9. The monoisotopic (exact) mass is 413 g/mol. The number of piperidine rings is 1. The first-order valence-corrected chi connectivity index (χ1v) is 9.42. The van der Waals surface area contributed by atoms with Gasteiger partial charge in [-0.05, 0) is 51.2 Å². The molecule has 8 heteroatoms. The Morgan fingerprint density at radius 3 is 2.81 bits per heavy atom. The number of likely N-dealkylation sites (tertiary alicyclic amines) is 1. The molecule has 0 radical (unpaired) electrons. The van der Waals surface area contributed by atoms with Gasteiger partial charge in [-0.3, -0.25) is 0 Å². The molecule has 1 aliphatic rings. The molecule has 0 saturated carbocycles. The first kappa shape index (κ1) is 17.1. The van der Waals surface area contributed by atoms with Crippen LogP contribution < -0.4 is 10.6 Å². The Bertz CT molecular complexity index is 909. The highest BCUT2D eigenvalue weighted by Crippen LogP contribution is 2.24. The van der Waals surface area contributed by atoms with Gasteiger partial charge in [-0.1, -0.05) is 22.0 Å². The fourth-order valence-corrected chi connectivity index (χ4v) is 3.45. The quantitative estimate of drug-likeness (QED) is 0.677. The van der Waals surface area contributed by atoms with Crippen molar-refractivity contribution < 1.29 is 0 Å². The zero-order valence-corrected chi connectivity index (χ0v) is 16.1. The van der Waals surface area contributed by atoms with Crippen LogP contribution in [0.25, 0.3) is 11.0 Å². The topological polar surface area (TPSA) is 78.9 Å². The highest BCUT2D eigenvalue weighted by atomic mass is 79.9. The molecule has 3 heterocycles. The van der Waals surface area contributed by atoms with E-state index in [2.05, 4.69) is 58.4 Å². The number of hydrogen-bond donors (Lipinski definition) is 2. The van der Waals surface area contributed by atoms with Crippen LogP contribution in [0.5, 0.6) is 0 Å². The number of nitrogens with one attached hydrogen (secondary N) is 2. The van der Waals surface area contributed by atoms with Crippen molar-refractivity contribution in [1.29, 1.82) is 0 Å². The minimum absolute atomic E-state index is 0.398. The molecule has 26 heavy (non-hydrogen) atoms. The van der Waals surface area contributed by atoms with Gasteiger partial charge in [0.15, 0.2) is 5.82 Å². The third kappa shape index (κ3) is 3.91. The van der Waals surface area contributed by atoms with Crippen LogP contribution in [-0.2, 0) is 0 Å². The van der Waals surface area contributed by atoms with E-state index >= 15 is 0 Å². The number of halogens is 1. The van der Waals surface area contributed by atoms with Crippen molar-refractivity contribution in [3.8, 4) is 0 Å². The van der Waals surface area contributed by atoms with Crippen LogP contribution >= 0.6 is 15.9 Å². The van der Waals surface area contributed by atoms with E-state index in [4.69, 9.17) is 0 Å². The van der Waals surface area contributed by atoms with Crippen LogP contribution in [0.4, 0.5) is 17.5 Å². The second-order valence-electron chi connectivity index (χ2n) is 6.51. The van der Waals surface area contributed by atoms with Crippen LogP contribution in [0.15, 0.2) is 41.3 Å². The highest BCUT2D eigenvalue weighted by molar-refractivity contribution is 9.10. The molecule has 0 amide bonds. The van der Waals surface area contributed by atoms with Gasteiger partial charge >= 0.3 is 0 Å². The maximum Gasteiger partial charge on any atom is 0.223 e. The molecule has 2 N–H and O–H groups in total. The summed E-state index contributed by atoms with van der Waals surface area (Å²) in [6.07, 6.45) is 5.45. The standard InChI is InChI=1S/C18H20BrN7/c1-26-7-5-13(6-8-26)24-18-20-10-15-16(25-18)17(22-11-21-15)23-14-4-2-3-12(19)9-14/h2-4,9-11,13H,5-8H2,1H3,(H,20,24,25)(H,21,22,23). The largest absolute Gasteiger partial charge is 0.351 e. The molecule has 0 bridgehead atoms. The highest BCUT2D eigenvalue weighted by Gasteiger charge is 2.17. The Morgan fingerprint density at radius 1 is 1.15 bits per heavy atom. The number of anilines is 3. The zero-order chi connectivity index (χ0) is 17.9. The molecule has 1 saturated heterocycles. The summed E-state index contributed by atoms with van der Waals surface area (Å²) in [5.74, 6) is 1.29. The van der Waals surface area contributed by atoms with Crippen molar-refractivity contribution in [3.63, 3.8) is 0 Å². The first-order valence-electron chi connectivity index (χ1n) is 8.63. The Kier molecular flexibility index (Phi) is 4.94. The van der Waals surface area contributed by atoms with Crippen LogP contribution in [-0.4, -0.2) is 51.0 Å². The molecule has 1 aromatic carbocycles. The SMILES string of the molecule is CN1CCC(Nc2ncc3ncnc(Nc4cccc(Br)c4)c3n2)CC1. The average Bonchev–Trinajstić information content (AvgIpc) is 2.64. The summed E-state index contributed by atoms with van der Waals surface area (Å²) in [5, 5.41) is 6.77. The van der Waals surface area contributed by atoms with Crippen molar-refractivity contribution in [2.75, 3.05) is 30.8 Å². The van der Waals surface area contributed by atoms with Crippen molar-refractivity contribution in [2.45, 2.75) is 18.9 Å². The number of rotatable bonds is 4. The van der Waals surface area contributed by atoms with Gasteiger partial charge in [0.2, 0.25) is 5.95 Å². The molecule has 0 unspecified atom stereocenters. The summed E-state index contributed by atoms with van der Waals surface area (Å²) < 4.78 is 1.00. The third-order valence-corrected chi connectivity index (χ3v) is 5.01. The predicted molar refractivity (Wildman–Crippen MR) is 107 cm³/mol. The smallest absolute Gasteiger partial charge is 0.223 e. The zero-order valence-electron chi connectivity index (χ0n) is 14.5. The van der Waals surface area contributed by atoms with E-state index in [1.807, 2.05) is 24.3 Å². The molecule has 2 aromatic heterocycles. The molecule has 4 rings (SSSR count). The molecule has 1 fully saturated rings. The van der Waals surface area contributed by atoms with Gasteiger partial charge in [-0.2, -0.15) is 0 Å². The number of fused-ring (bicyclic) bond motifs is 1. The van der Waals surface area contributed by atoms with Crippen LogP contribution in [0, 0.1) is 0 Å².